The van der Waals surface area contributed by atoms with Crippen LogP contribution in [0.1, 0.15) is 38.3 Å². The zero-order chi connectivity index (χ0) is 33.1. The Kier molecular flexibility index (Phi) is 12.2. The highest BCUT2D eigenvalue weighted by molar-refractivity contribution is 7.92. The van der Waals surface area contributed by atoms with Crippen LogP contribution in [-0.4, -0.2) is 50.4 Å². The minimum Gasteiger partial charge on any atom is -0.494 e. The van der Waals surface area contributed by atoms with E-state index in [2.05, 4.69) is 5.32 Å². The van der Waals surface area contributed by atoms with Crippen LogP contribution in [0.25, 0.3) is 0 Å². The fourth-order valence-electron chi connectivity index (χ4n) is 4.93. The van der Waals surface area contributed by atoms with Gasteiger partial charge in [-0.15, -0.1) is 0 Å². The predicted octanol–water partition coefficient (Wildman–Crippen LogP) is 6.49. The van der Waals surface area contributed by atoms with Crippen LogP contribution in [0.2, 0.25) is 5.02 Å². The van der Waals surface area contributed by atoms with Gasteiger partial charge < -0.3 is 15.0 Å². The molecule has 2 unspecified atom stereocenters. The molecular formula is C36H40ClN3O5S. The van der Waals surface area contributed by atoms with Crippen LogP contribution in [0.4, 0.5) is 5.69 Å². The fraction of sp³-hybridized carbons (Fsp3) is 0.278. The fourth-order valence-corrected chi connectivity index (χ4v) is 6.56. The Morgan fingerprint density at radius 2 is 1.46 bits per heavy atom. The second-order valence-corrected chi connectivity index (χ2v) is 13.2. The zero-order valence-corrected chi connectivity index (χ0v) is 27.9. The summed E-state index contributed by atoms with van der Waals surface area (Å²) in [6.07, 6.45) is 0.914. The second kappa shape index (κ2) is 16.3. The molecule has 0 heterocycles. The molecule has 1 N–H and O–H groups in total. The van der Waals surface area contributed by atoms with Gasteiger partial charge in [-0.05, 0) is 73.9 Å². The van der Waals surface area contributed by atoms with E-state index in [0.717, 1.165) is 9.87 Å². The van der Waals surface area contributed by atoms with Crippen molar-refractivity contribution < 1.29 is 22.7 Å². The standard InChI is InChI=1S/C36H40ClN3O5S/c1-4-27(3)38-36(42)34(24-28-14-8-6-9-15-28)39(25-29-16-12-13-19-33(29)37)35(41)26-40(30-20-22-31(23-21-30)45-5-2)46(43,44)32-17-10-7-11-18-32/h6-23,27,34H,4-5,24-26H2,1-3H3,(H,38,42). The highest BCUT2D eigenvalue weighted by atomic mass is 35.5. The van der Waals surface area contributed by atoms with E-state index >= 15 is 0 Å². The summed E-state index contributed by atoms with van der Waals surface area (Å²) in [4.78, 5) is 30.0. The molecule has 4 aromatic carbocycles. The summed E-state index contributed by atoms with van der Waals surface area (Å²) in [6, 6.07) is 29.9. The lowest BCUT2D eigenvalue weighted by atomic mass is 10.0. The molecule has 0 saturated carbocycles. The lowest BCUT2D eigenvalue weighted by molar-refractivity contribution is -0.140. The Morgan fingerprint density at radius 3 is 2.07 bits per heavy atom. The molecule has 2 amide bonds. The summed E-state index contributed by atoms with van der Waals surface area (Å²) in [5.41, 5.74) is 1.76. The molecule has 0 aliphatic heterocycles. The number of nitrogens with one attached hydrogen (secondary N) is 1. The van der Waals surface area contributed by atoms with Crippen molar-refractivity contribution in [3.05, 3.63) is 125 Å². The highest BCUT2D eigenvalue weighted by Gasteiger charge is 2.35. The molecule has 46 heavy (non-hydrogen) atoms. The molecule has 0 aromatic heterocycles. The molecule has 0 aliphatic rings. The lowest BCUT2D eigenvalue weighted by Crippen LogP contribution is -2.54. The number of benzene rings is 4. The minimum absolute atomic E-state index is 0.00750. The number of carbonyl (C=O) groups is 2. The SMILES string of the molecule is CCOc1ccc(N(CC(=O)N(Cc2ccccc2Cl)C(Cc2ccccc2)C(=O)NC(C)CC)S(=O)(=O)c2ccccc2)cc1. The number of halogens is 1. The topological polar surface area (TPSA) is 96.0 Å². The van der Waals surface area contributed by atoms with Gasteiger partial charge in [0.15, 0.2) is 0 Å². The third-order valence-electron chi connectivity index (χ3n) is 7.62. The monoisotopic (exact) mass is 661 g/mol. The van der Waals surface area contributed by atoms with E-state index in [1.54, 1.807) is 66.7 Å². The number of nitrogens with zero attached hydrogens (tertiary/aromatic N) is 2. The largest absolute Gasteiger partial charge is 0.494 e. The van der Waals surface area contributed by atoms with Gasteiger partial charge in [-0.3, -0.25) is 13.9 Å². The van der Waals surface area contributed by atoms with Crippen molar-refractivity contribution in [2.24, 2.45) is 0 Å². The van der Waals surface area contributed by atoms with Gasteiger partial charge in [0.05, 0.1) is 17.2 Å². The van der Waals surface area contributed by atoms with Crippen LogP contribution in [0.15, 0.2) is 114 Å². The van der Waals surface area contributed by atoms with Crippen molar-refractivity contribution in [3.8, 4) is 5.75 Å². The molecule has 0 saturated heterocycles. The Morgan fingerprint density at radius 1 is 0.848 bits per heavy atom. The van der Waals surface area contributed by atoms with Crippen molar-refractivity contribution in [2.45, 2.75) is 57.1 Å². The Balaban J connectivity index is 1.81. The van der Waals surface area contributed by atoms with Crippen LogP contribution in [-0.2, 0) is 32.6 Å². The Labute approximate surface area is 277 Å². The molecule has 0 radical (unpaired) electrons. The van der Waals surface area contributed by atoms with Crippen molar-refractivity contribution >= 4 is 39.1 Å². The van der Waals surface area contributed by atoms with Gasteiger partial charge >= 0.3 is 0 Å². The molecule has 8 nitrogen and oxygen atoms in total. The van der Waals surface area contributed by atoms with Crippen molar-refractivity contribution in [1.29, 1.82) is 0 Å². The first kappa shape index (κ1) is 34.5. The molecule has 242 valence electrons. The van der Waals surface area contributed by atoms with E-state index in [4.69, 9.17) is 16.3 Å². The summed E-state index contributed by atoms with van der Waals surface area (Å²) in [5, 5.41) is 3.47. The molecular weight excluding hydrogens is 622 g/mol. The first-order chi connectivity index (χ1) is 22.1. The van der Waals surface area contributed by atoms with Gasteiger partial charge in [0.2, 0.25) is 11.8 Å². The molecule has 0 fully saturated rings. The van der Waals surface area contributed by atoms with E-state index in [1.165, 1.54) is 17.0 Å². The molecule has 4 aromatic rings. The number of ether oxygens (including phenoxy) is 1. The molecule has 10 heteroatoms. The third-order valence-corrected chi connectivity index (χ3v) is 9.77. The summed E-state index contributed by atoms with van der Waals surface area (Å²) < 4.78 is 34.9. The predicted molar refractivity (Wildman–Crippen MR) is 182 cm³/mol. The lowest BCUT2D eigenvalue weighted by Gasteiger charge is -2.34. The molecule has 4 rings (SSSR count). The quantitative estimate of drug-likeness (QED) is 0.157. The van der Waals surface area contributed by atoms with Gasteiger partial charge in [-0.2, -0.15) is 0 Å². The maximum absolute atomic E-state index is 14.6. The summed E-state index contributed by atoms with van der Waals surface area (Å²) in [5.74, 6) is -0.328. The Hall–Kier alpha value is -4.34. The van der Waals surface area contributed by atoms with Crippen LogP contribution >= 0.6 is 11.6 Å². The van der Waals surface area contributed by atoms with Gasteiger partial charge in [0.25, 0.3) is 10.0 Å². The second-order valence-electron chi connectivity index (χ2n) is 10.9. The first-order valence-corrected chi connectivity index (χ1v) is 17.1. The summed E-state index contributed by atoms with van der Waals surface area (Å²) in [7, 11) is -4.20. The van der Waals surface area contributed by atoms with E-state index < -0.39 is 28.5 Å². The van der Waals surface area contributed by atoms with Crippen LogP contribution in [0.5, 0.6) is 5.75 Å². The van der Waals surface area contributed by atoms with Gasteiger partial charge in [0.1, 0.15) is 18.3 Å². The number of hydrogen-bond acceptors (Lipinski definition) is 5. The average Bonchev–Trinajstić information content (AvgIpc) is 3.07. The molecule has 2 atom stereocenters. The molecule has 0 aliphatic carbocycles. The van der Waals surface area contributed by atoms with Gasteiger partial charge in [-0.1, -0.05) is 85.3 Å². The summed E-state index contributed by atoms with van der Waals surface area (Å²) >= 11 is 6.56. The number of amides is 2. The van der Waals surface area contributed by atoms with Crippen molar-refractivity contribution in [3.63, 3.8) is 0 Å². The normalized spacial score (nSPS) is 12.5. The third kappa shape index (κ3) is 8.89. The van der Waals surface area contributed by atoms with Crippen LogP contribution in [0.3, 0.4) is 0 Å². The number of carbonyl (C=O) groups excluding carboxylic acids is 2. The maximum Gasteiger partial charge on any atom is 0.264 e. The van der Waals surface area contributed by atoms with Gasteiger partial charge in [-0.25, -0.2) is 8.42 Å². The van der Waals surface area contributed by atoms with E-state index in [1.807, 2.05) is 51.1 Å². The maximum atomic E-state index is 14.6. The number of rotatable bonds is 15. The van der Waals surface area contributed by atoms with Crippen LogP contribution in [0, 0.1) is 0 Å². The highest BCUT2D eigenvalue weighted by Crippen LogP contribution is 2.27. The van der Waals surface area contributed by atoms with E-state index in [9.17, 15) is 18.0 Å². The number of hydrogen-bond donors (Lipinski definition) is 1. The zero-order valence-electron chi connectivity index (χ0n) is 26.3. The number of sulfonamides is 1. The summed E-state index contributed by atoms with van der Waals surface area (Å²) in [6.45, 7) is 5.60. The minimum atomic E-state index is -4.20. The van der Waals surface area contributed by atoms with Crippen molar-refractivity contribution in [2.75, 3.05) is 17.5 Å². The van der Waals surface area contributed by atoms with E-state index in [-0.39, 0.29) is 35.5 Å². The molecule has 0 bridgehead atoms. The number of anilines is 1. The average molecular weight is 662 g/mol. The van der Waals surface area contributed by atoms with Crippen LogP contribution < -0.4 is 14.4 Å². The van der Waals surface area contributed by atoms with Crippen molar-refractivity contribution in [1.82, 2.24) is 10.2 Å². The smallest absolute Gasteiger partial charge is 0.264 e. The molecule has 0 spiro atoms. The first-order valence-electron chi connectivity index (χ1n) is 15.3. The Bertz CT molecular complexity index is 1690. The van der Waals surface area contributed by atoms with E-state index in [0.29, 0.717) is 29.4 Å². The van der Waals surface area contributed by atoms with Gasteiger partial charge in [0, 0.05) is 24.0 Å².